The van der Waals surface area contributed by atoms with Crippen molar-refractivity contribution in [2.45, 2.75) is 12.8 Å². The number of aliphatic hydroxyl groups is 1. The third-order valence-corrected chi connectivity index (χ3v) is 2.33. The van der Waals surface area contributed by atoms with Gasteiger partial charge in [0.05, 0.1) is 0 Å². The highest BCUT2D eigenvalue weighted by Crippen LogP contribution is 2.34. The Morgan fingerprint density at radius 2 is 2.07 bits per heavy atom. The molecule has 82 valence electrons. The van der Waals surface area contributed by atoms with Gasteiger partial charge in [0, 0.05) is 6.61 Å². The van der Waals surface area contributed by atoms with Crippen LogP contribution in [0.15, 0.2) is 12.1 Å². The molecule has 0 saturated carbocycles. The molecular formula is C11H13FO3. The number of aliphatic hydroxyl groups excluding tert-OH is 1. The van der Waals surface area contributed by atoms with E-state index in [1.165, 1.54) is 0 Å². The first kappa shape index (κ1) is 10.2. The summed E-state index contributed by atoms with van der Waals surface area (Å²) in [6.07, 6.45) is 1.07. The highest BCUT2D eigenvalue weighted by molar-refractivity contribution is 5.45. The average molecular weight is 212 g/mol. The fourth-order valence-electron chi connectivity index (χ4n) is 1.59. The van der Waals surface area contributed by atoms with E-state index in [1.54, 1.807) is 12.1 Å². The topological polar surface area (TPSA) is 38.7 Å². The largest absolute Gasteiger partial charge is 0.486 e. The molecule has 0 aliphatic carbocycles. The smallest absolute Gasteiger partial charge is 0.197 e. The lowest BCUT2D eigenvalue weighted by Gasteiger charge is -2.19. The first-order valence-electron chi connectivity index (χ1n) is 5.01. The van der Waals surface area contributed by atoms with E-state index in [0.29, 0.717) is 37.4 Å². The Morgan fingerprint density at radius 3 is 2.87 bits per heavy atom. The maximum Gasteiger partial charge on any atom is 0.197 e. The van der Waals surface area contributed by atoms with E-state index >= 15 is 0 Å². The zero-order valence-electron chi connectivity index (χ0n) is 8.33. The van der Waals surface area contributed by atoms with Gasteiger partial charge in [-0.3, -0.25) is 0 Å². The van der Waals surface area contributed by atoms with Gasteiger partial charge in [0.2, 0.25) is 0 Å². The Bertz CT molecular complexity index is 352. The lowest BCUT2D eigenvalue weighted by molar-refractivity contribution is 0.164. The summed E-state index contributed by atoms with van der Waals surface area (Å²) in [6.45, 7) is 0.906. The van der Waals surface area contributed by atoms with Crippen LogP contribution in [-0.4, -0.2) is 24.9 Å². The number of halogens is 1. The second-order valence-electron chi connectivity index (χ2n) is 3.39. The van der Waals surface area contributed by atoms with Gasteiger partial charge in [0.25, 0.3) is 0 Å². The molecule has 4 heteroatoms. The highest BCUT2D eigenvalue weighted by atomic mass is 19.1. The van der Waals surface area contributed by atoms with Gasteiger partial charge in [-0.15, -0.1) is 0 Å². The number of rotatable bonds is 3. The van der Waals surface area contributed by atoms with Crippen molar-refractivity contribution in [3.8, 4) is 11.5 Å². The fourth-order valence-corrected chi connectivity index (χ4v) is 1.59. The zero-order chi connectivity index (χ0) is 10.7. The minimum Gasteiger partial charge on any atom is -0.486 e. The quantitative estimate of drug-likeness (QED) is 0.825. The number of benzene rings is 1. The molecule has 1 aliphatic rings. The second-order valence-corrected chi connectivity index (χ2v) is 3.39. The van der Waals surface area contributed by atoms with Crippen molar-refractivity contribution in [2.24, 2.45) is 0 Å². The molecule has 1 aromatic rings. The van der Waals surface area contributed by atoms with Crippen molar-refractivity contribution >= 4 is 0 Å². The molecule has 0 aromatic heterocycles. The minimum atomic E-state index is -0.361. The molecule has 1 N–H and O–H groups in total. The molecule has 15 heavy (non-hydrogen) atoms. The molecule has 1 aliphatic heterocycles. The van der Waals surface area contributed by atoms with Crippen molar-refractivity contribution in [1.82, 2.24) is 0 Å². The van der Waals surface area contributed by atoms with Crippen molar-refractivity contribution in [2.75, 3.05) is 19.8 Å². The van der Waals surface area contributed by atoms with Crippen LogP contribution in [0.3, 0.4) is 0 Å². The summed E-state index contributed by atoms with van der Waals surface area (Å²) in [5, 5.41) is 8.68. The summed E-state index contributed by atoms with van der Waals surface area (Å²) < 4.78 is 24.3. The first-order valence-corrected chi connectivity index (χ1v) is 5.01. The van der Waals surface area contributed by atoms with E-state index in [2.05, 4.69) is 0 Å². The summed E-state index contributed by atoms with van der Waals surface area (Å²) in [4.78, 5) is 0. The molecule has 0 spiro atoms. The average Bonchev–Trinajstić information content (AvgIpc) is 2.29. The maximum atomic E-state index is 13.8. The molecule has 0 unspecified atom stereocenters. The van der Waals surface area contributed by atoms with Crippen LogP contribution in [0.5, 0.6) is 11.5 Å². The van der Waals surface area contributed by atoms with Crippen LogP contribution in [0.4, 0.5) is 4.39 Å². The summed E-state index contributed by atoms with van der Waals surface area (Å²) in [7, 11) is 0. The van der Waals surface area contributed by atoms with Gasteiger partial charge in [-0.2, -0.15) is 0 Å². The second kappa shape index (κ2) is 4.49. The third-order valence-electron chi connectivity index (χ3n) is 2.33. The Hall–Kier alpha value is -1.29. The Labute approximate surface area is 87.4 Å². The third kappa shape index (κ3) is 2.04. The van der Waals surface area contributed by atoms with Gasteiger partial charge in [-0.25, -0.2) is 4.39 Å². The van der Waals surface area contributed by atoms with Gasteiger partial charge in [-0.05, 0) is 24.5 Å². The molecule has 2 rings (SSSR count). The lowest BCUT2D eigenvalue weighted by Crippen LogP contribution is -2.17. The fraction of sp³-hybridized carbons (Fsp3) is 0.455. The molecule has 1 aromatic carbocycles. The van der Waals surface area contributed by atoms with Crippen LogP contribution in [0.25, 0.3) is 0 Å². The van der Waals surface area contributed by atoms with E-state index in [4.69, 9.17) is 14.6 Å². The number of fused-ring (bicyclic) bond motifs is 1. The van der Waals surface area contributed by atoms with Crippen molar-refractivity contribution in [1.29, 1.82) is 0 Å². The molecule has 0 amide bonds. The predicted octanol–water partition coefficient (Wildman–Crippen LogP) is 1.52. The molecule has 0 saturated heterocycles. The van der Waals surface area contributed by atoms with E-state index < -0.39 is 0 Å². The summed E-state index contributed by atoms with van der Waals surface area (Å²) in [5.74, 6) is 0.309. The number of hydrogen-bond acceptors (Lipinski definition) is 3. The zero-order valence-corrected chi connectivity index (χ0v) is 8.33. The normalized spacial score (nSPS) is 14.0. The summed E-state index contributed by atoms with van der Waals surface area (Å²) in [6, 6.07) is 3.39. The Balaban J connectivity index is 2.26. The van der Waals surface area contributed by atoms with Crippen LogP contribution >= 0.6 is 0 Å². The SMILES string of the molecule is OCCCc1ccc2c(c1F)OCCO2. The van der Waals surface area contributed by atoms with Gasteiger partial charge >= 0.3 is 0 Å². The van der Waals surface area contributed by atoms with Crippen LogP contribution in [0, 0.1) is 5.82 Å². The molecule has 0 fully saturated rings. The molecule has 0 bridgehead atoms. The summed E-state index contributed by atoms with van der Waals surface area (Å²) >= 11 is 0. The standard InChI is InChI=1S/C11H13FO3/c12-10-8(2-1-5-13)3-4-9-11(10)15-7-6-14-9/h3-4,13H,1-2,5-7H2. The van der Waals surface area contributed by atoms with Crippen LogP contribution < -0.4 is 9.47 Å². The molecule has 0 radical (unpaired) electrons. The monoisotopic (exact) mass is 212 g/mol. The molecule has 0 atom stereocenters. The maximum absolute atomic E-state index is 13.8. The van der Waals surface area contributed by atoms with Crippen molar-refractivity contribution in [3.05, 3.63) is 23.5 Å². The predicted molar refractivity (Wildman–Crippen MR) is 52.8 cm³/mol. The minimum absolute atomic E-state index is 0.0634. The highest BCUT2D eigenvalue weighted by Gasteiger charge is 2.18. The molecule has 3 nitrogen and oxygen atoms in total. The van der Waals surface area contributed by atoms with E-state index in [9.17, 15) is 4.39 Å². The van der Waals surface area contributed by atoms with Gasteiger partial charge < -0.3 is 14.6 Å². The summed E-state index contributed by atoms with van der Waals surface area (Å²) in [5.41, 5.74) is 0.563. The first-order chi connectivity index (χ1) is 7.33. The van der Waals surface area contributed by atoms with E-state index in [-0.39, 0.29) is 18.2 Å². The van der Waals surface area contributed by atoms with Gasteiger partial charge in [0.15, 0.2) is 17.3 Å². The van der Waals surface area contributed by atoms with Gasteiger partial charge in [0.1, 0.15) is 13.2 Å². The van der Waals surface area contributed by atoms with Crippen LogP contribution in [0.2, 0.25) is 0 Å². The molecule has 1 heterocycles. The van der Waals surface area contributed by atoms with Crippen molar-refractivity contribution < 1.29 is 19.0 Å². The Morgan fingerprint density at radius 1 is 1.27 bits per heavy atom. The number of aryl methyl sites for hydroxylation is 1. The van der Waals surface area contributed by atoms with Gasteiger partial charge in [-0.1, -0.05) is 6.07 Å². The number of hydrogen-bond donors (Lipinski definition) is 1. The van der Waals surface area contributed by atoms with Crippen LogP contribution in [0.1, 0.15) is 12.0 Å². The number of ether oxygens (including phenoxy) is 2. The van der Waals surface area contributed by atoms with E-state index in [1.807, 2.05) is 0 Å². The Kier molecular flexibility index (Phi) is 3.06. The van der Waals surface area contributed by atoms with Crippen LogP contribution in [-0.2, 0) is 6.42 Å². The lowest BCUT2D eigenvalue weighted by atomic mass is 10.1. The van der Waals surface area contributed by atoms with E-state index in [0.717, 1.165) is 0 Å². The van der Waals surface area contributed by atoms with Crippen molar-refractivity contribution in [3.63, 3.8) is 0 Å². The molecular weight excluding hydrogens is 199 g/mol.